The van der Waals surface area contributed by atoms with Crippen molar-refractivity contribution < 1.29 is 9.84 Å². The van der Waals surface area contributed by atoms with Gasteiger partial charge < -0.3 is 14.8 Å². The molecule has 0 bridgehead atoms. The molecule has 2 N–H and O–H groups in total. The number of nitrogens with one attached hydrogen (secondary N) is 1. The number of H-pyrrole nitrogens is 1. The van der Waals surface area contributed by atoms with Gasteiger partial charge in [0.1, 0.15) is 6.73 Å². The molecule has 25 heavy (non-hydrogen) atoms. The van der Waals surface area contributed by atoms with Gasteiger partial charge in [-0.3, -0.25) is 9.36 Å². The summed E-state index contributed by atoms with van der Waals surface area (Å²) in [4.78, 5) is 24.8. The van der Waals surface area contributed by atoms with Gasteiger partial charge in [0, 0.05) is 0 Å². The first-order valence-corrected chi connectivity index (χ1v) is 7.91. The highest BCUT2D eigenvalue weighted by Crippen LogP contribution is 2.22. The number of aromatic amines is 1. The average molecular weight is 339 g/mol. The normalized spacial score (nSPS) is 11.6. The molecule has 0 aliphatic heterocycles. The maximum Gasteiger partial charge on any atom is 0.287 e. The lowest BCUT2D eigenvalue weighted by atomic mass is 10.1. The highest BCUT2D eigenvalue weighted by molar-refractivity contribution is 5.74. The summed E-state index contributed by atoms with van der Waals surface area (Å²) in [5.41, 5.74) is 3.12. The Morgan fingerprint density at radius 2 is 2.08 bits per heavy atom. The van der Waals surface area contributed by atoms with Crippen molar-refractivity contribution in [3.8, 4) is 11.3 Å². The minimum absolute atomic E-state index is 0.0663. The Kier molecular flexibility index (Phi) is 3.83. The van der Waals surface area contributed by atoms with Crippen molar-refractivity contribution in [2.45, 2.75) is 13.7 Å². The fourth-order valence-electron chi connectivity index (χ4n) is 2.91. The van der Waals surface area contributed by atoms with Crippen LogP contribution in [0.2, 0.25) is 0 Å². The Bertz CT molecular complexity index is 1090. The summed E-state index contributed by atoms with van der Waals surface area (Å²) >= 11 is 0. The number of aliphatic hydroxyl groups excluding tert-OH is 1. The topological polar surface area (TPSA) is 97.4 Å². The first kappa shape index (κ1) is 15.6. The number of rotatable bonds is 5. The molecular formula is C17H17N5O3. The van der Waals surface area contributed by atoms with Gasteiger partial charge in [0.15, 0.2) is 11.2 Å². The minimum Gasteiger partial charge on any atom is -0.394 e. The van der Waals surface area contributed by atoms with Crippen LogP contribution in [0.3, 0.4) is 0 Å². The van der Waals surface area contributed by atoms with Crippen molar-refractivity contribution in [2.75, 3.05) is 13.2 Å². The van der Waals surface area contributed by atoms with Crippen molar-refractivity contribution in [1.82, 2.24) is 23.9 Å². The Morgan fingerprint density at radius 1 is 1.28 bits per heavy atom. The third-order valence-corrected chi connectivity index (χ3v) is 4.10. The molecular weight excluding hydrogens is 322 g/mol. The lowest BCUT2D eigenvalue weighted by molar-refractivity contribution is 0.0499. The lowest BCUT2D eigenvalue weighted by Gasteiger charge is -2.04. The molecule has 0 aliphatic rings. The minimum atomic E-state index is -0.225. The number of hydrogen-bond acceptors (Lipinski definition) is 5. The number of ether oxygens (including phenoxy) is 1. The fourth-order valence-corrected chi connectivity index (χ4v) is 2.91. The van der Waals surface area contributed by atoms with Crippen molar-refractivity contribution in [1.29, 1.82) is 0 Å². The maximum absolute atomic E-state index is 12.8. The molecule has 0 spiro atoms. The van der Waals surface area contributed by atoms with E-state index in [1.807, 2.05) is 37.3 Å². The quantitative estimate of drug-likeness (QED) is 0.534. The summed E-state index contributed by atoms with van der Waals surface area (Å²) in [5, 5.41) is 8.81. The number of aliphatic hydroxyl groups is 1. The highest BCUT2D eigenvalue weighted by atomic mass is 16.5. The van der Waals surface area contributed by atoms with Gasteiger partial charge in [0.25, 0.3) is 5.56 Å². The molecule has 0 radical (unpaired) electrons. The molecule has 0 unspecified atom stereocenters. The van der Waals surface area contributed by atoms with Crippen molar-refractivity contribution >= 4 is 16.9 Å². The van der Waals surface area contributed by atoms with Crippen LogP contribution in [-0.2, 0) is 11.5 Å². The van der Waals surface area contributed by atoms with Gasteiger partial charge in [-0.05, 0) is 12.5 Å². The number of aryl methyl sites for hydroxylation is 1. The summed E-state index contributed by atoms with van der Waals surface area (Å²) in [6.45, 7) is 2.19. The summed E-state index contributed by atoms with van der Waals surface area (Å²) in [7, 11) is 0. The van der Waals surface area contributed by atoms with Crippen LogP contribution in [0.25, 0.3) is 28.2 Å². The van der Waals surface area contributed by atoms with E-state index >= 15 is 0 Å². The molecule has 0 fully saturated rings. The van der Waals surface area contributed by atoms with Crippen LogP contribution >= 0.6 is 0 Å². The number of benzene rings is 1. The van der Waals surface area contributed by atoms with E-state index in [1.54, 1.807) is 4.57 Å². The molecule has 3 aromatic heterocycles. The van der Waals surface area contributed by atoms with Gasteiger partial charge in [-0.1, -0.05) is 30.3 Å². The summed E-state index contributed by atoms with van der Waals surface area (Å²) in [6, 6.07) is 9.79. The molecule has 0 aliphatic carbocycles. The van der Waals surface area contributed by atoms with Gasteiger partial charge in [0.05, 0.1) is 30.9 Å². The maximum atomic E-state index is 12.8. The molecule has 0 saturated heterocycles. The predicted octanol–water partition coefficient (Wildman–Crippen LogP) is 1.31. The molecule has 128 valence electrons. The summed E-state index contributed by atoms with van der Waals surface area (Å²) in [6.07, 6.45) is 1.52. The van der Waals surface area contributed by atoms with Crippen LogP contribution in [0.4, 0.5) is 0 Å². The monoisotopic (exact) mass is 339 g/mol. The van der Waals surface area contributed by atoms with Gasteiger partial charge in [-0.15, -0.1) is 0 Å². The van der Waals surface area contributed by atoms with Gasteiger partial charge in [-0.25, -0.2) is 9.38 Å². The van der Waals surface area contributed by atoms with Crippen molar-refractivity contribution in [3.05, 3.63) is 52.7 Å². The van der Waals surface area contributed by atoms with Crippen LogP contribution < -0.4 is 5.56 Å². The second kappa shape index (κ2) is 6.15. The third kappa shape index (κ3) is 2.51. The molecule has 1 aromatic carbocycles. The van der Waals surface area contributed by atoms with E-state index in [1.165, 1.54) is 10.7 Å². The van der Waals surface area contributed by atoms with Crippen molar-refractivity contribution in [3.63, 3.8) is 0 Å². The van der Waals surface area contributed by atoms with Crippen LogP contribution in [-0.4, -0.2) is 42.2 Å². The first-order chi connectivity index (χ1) is 12.2. The Labute approximate surface area is 142 Å². The zero-order chi connectivity index (χ0) is 17.4. The summed E-state index contributed by atoms with van der Waals surface area (Å²) in [5.74, 6) is 0.456. The van der Waals surface area contributed by atoms with Crippen LogP contribution in [0.5, 0.6) is 0 Å². The molecule has 8 nitrogen and oxygen atoms in total. The van der Waals surface area contributed by atoms with E-state index in [2.05, 4.69) is 15.0 Å². The third-order valence-electron chi connectivity index (χ3n) is 4.10. The van der Waals surface area contributed by atoms with Crippen LogP contribution in [0.1, 0.15) is 5.69 Å². The molecule has 8 heteroatoms. The van der Waals surface area contributed by atoms with E-state index in [-0.39, 0.29) is 31.0 Å². The number of nitrogens with zero attached hydrogens (tertiary/aromatic N) is 4. The zero-order valence-electron chi connectivity index (χ0n) is 13.6. The second-order valence-corrected chi connectivity index (χ2v) is 5.67. The van der Waals surface area contributed by atoms with Gasteiger partial charge in [0.2, 0.25) is 5.78 Å². The Morgan fingerprint density at radius 3 is 2.84 bits per heavy atom. The lowest BCUT2D eigenvalue weighted by Crippen LogP contribution is -2.16. The molecule has 0 amide bonds. The molecule has 4 aromatic rings. The second-order valence-electron chi connectivity index (χ2n) is 5.67. The number of fused-ring (bicyclic) bond motifs is 2. The molecule has 0 atom stereocenters. The number of aromatic nitrogens is 5. The molecule has 4 rings (SSSR count). The molecule has 0 saturated carbocycles. The highest BCUT2D eigenvalue weighted by Gasteiger charge is 2.17. The van der Waals surface area contributed by atoms with E-state index in [0.717, 1.165) is 17.0 Å². The SMILES string of the molecule is Cc1c(-c2ccccc2)[nH]c2nc3c(ncn3COCCO)c(=O)n12. The zero-order valence-corrected chi connectivity index (χ0v) is 13.6. The Hall–Kier alpha value is -2.97. The standard InChI is InChI=1S/C17H17N5O3/c1-11-13(12-5-3-2-4-6-12)19-17-20-15-14(16(24)22(11)17)18-9-21(15)10-25-8-7-23/h2-6,9,23H,7-8,10H2,1H3,(H,19,20). The van der Waals surface area contributed by atoms with Crippen LogP contribution in [0.15, 0.2) is 41.5 Å². The van der Waals surface area contributed by atoms with Gasteiger partial charge >= 0.3 is 0 Å². The first-order valence-electron chi connectivity index (χ1n) is 7.91. The smallest absolute Gasteiger partial charge is 0.287 e. The van der Waals surface area contributed by atoms with E-state index < -0.39 is 0 Å². The van der Waals surface area contributed by atoms with E-state index in [4.69, 9.17) is 9.84 Å². The predicted molar refractivity (Wildman–Crippen MR) is 92.3 cm³/mol. The number of hydrogen-bond donors (Lipinski definition) is 2. The summed E-state index contributed by atoms with van der Waals surface area (Å²) < 4.78 is 8.48. The average Bonchev–Trinajstić information content (AvgIpc) is 3.18. The Balaban J connectivity index is 1.89. The number of imidazole rings is 2. The van der Waals surface area contributed by atoms with Crippen LogP contribution in [0, 0.1) is 6.92 Å². The van der Waals surface area contributed by atoms with E-state index in [0.29, 0.717) is 11.4 Å². The molecule has 3 heterocycles. The van der Waals surface area contributed by atoms with E-state index in [9.17, 15) is 4.79 Å². The largest absolute Gasteiger partial charge is 0.394 e. The fraction of sp³-hybridized carbons (Fsp3) is 0.235. The van der Waals surface area contributed by atoms with Gasteiger partial charge in [-0.2, -0.15) is 4.98 Å². The van der Waals surface area contributed by atoms with Crippen molar-refractivity contribution in [2.24, 2.45) is 0 Å².